The number of carbonyl (C=O) groups excluding carboxylic acids is 1. The zero-order chi connectivity index (χ0) is 21.8. The van der Waals surface area contributed by atoms with Gasteiger partial charge < -0.3 is 10.1 Å². The topological polar surface area (TPSA) is 84.8 Å². The van der Waals surface area contributed by atoms with Crippen molar-refractivity contribution in [1.82, 2.24) is 25.1 Å². The Balaban J connectivity index is 1.49. The van der Waals surface area contributed by atoms with Crippen molar-refractivity contribution >= 4 is 29.5 Å². The Morgan fingerprint density at radius 1 is 1.32 bits per heavy atom. The average Bonchev–Trinajstić information content (AvgIpc) is 3.42. The van der Waals surface area contributed by atoms with Crippen LogP contribution in [0.3, 0.4) is 0 Å². The van der Waals surface area contributed by atoms with E-state index in [9.17, 15) is 9.18 Å². The fraction of sp³-hybridized carbons (Fsp3) is 0.143. The minimum atomic E-state index is -0.590. The number of benzene rings is 1. The van der Waals surface area contributed by atoms with Gasteiger partial charge in [0.05, 0.1) is 4.88 Å². The van der Waals surface area contributed by atoms with Crippen LogP contribution < -0.4 is 10.1 Å². The number of nitrogens with one attached hydrogen (secondary N) is 2. The number of aromatic amines is 1. The summed E-state index contributed by atoms with van der Waals surface area (Å²) in [7, 11) is 0. The van der Waals surface area contributed by atoms with Crippen molar-refractivity contribution < 1.29 is 13.9 Å². The number of carbonyl (C=O) groups is 1. The van der Waals surface area contributed by atoms with Crippen molar-refractivity contribution in [2.75, 3.05) is 0 Å². The molecule has 10 heteroatoms. The number of thiophene rings is 1. The highest BCUT2D eigenvalue weighted by Gasteiger charge is 2.21. The third-order valence-corrected chi connectivity index (χ3v) is 5.68. The van der Waals surface area contributed by atoms with Gasteiger partial charge in [-0.05, 0) is 48.8 Å². The highest BCUT2D eigenvalue weighted by Crippen LogP contribution is 2.26. The molecule has 1 unspecified atom stereocenters. The zero-order valence-electron chi connectivity index (χ0n) is 16.4. The average molecular weight is 456 g/mol. The Hall–Kier alpha value is -3.37. The molecule has 3 aromatic heterocycles. The molecule has 0 aliphatic rings. The number of halogens is 1. The molecule has 3 heterocycles. The van der Waals surface area contributed by atoms with Crippen LogP contribution >= 0.6 is 23.6 Å². The molecule has 158 valence electrons. The number of hydrogen-bond acceptors (Lipinski definition) is 6. The van der Waals surface area contributed by atoms with Gasteiger partial charge in [-0.1, -0.05) is 18.2 Å². The molecule has 0 spiro atoms. The van der Waals surface area contributed by atoms with E-state index in [-0.39, 0.29) is 12.5 Å². The molecule has 2 N–H and O–H groups in total. The molecule has 1 atom stereocenters. The van der Waals surface area contributed by atoms with E-state index in [1.54, 1.807) is 42.0 Å². The Labute approximate surface area is 186 Å². The molecule has 31 heavy (non-hydrogen) atoms. The number of aromatic nitrogens is 4. The normalized spacial score (nSPS) is 11.8. The van der Waals surface area contributed by atoms with Crippen LogP contribution in [-0.4, -0.2) is 25.7 Å². The SMILES string of the molecule is CC(C(=O)NCc1cccnc1Oc1cccc(F)c1)n1c(-c2cccs2)n[nH]c1=S. The van der Waals surface area contributed by atoms with E-state index < -0.39 is 11.9 Å². The predicted molar refractivity (Wildman–Crippen MR) is 118 cm³/mol. The van der Waals surface area contributed by atoms with Crippen LogP contribution in [0.2, 0.25) is 0 Å². The van der Waals surface area contributed by atoms with Crippen molar-refractivity contribution in [2.45, 2.75) is 19.5 Å². The molecule has 0 aliphatic heterocycles. The van der Waals surface area contributed by atoms with Crippen molar-refractivity contribution in [3.63, 3.8) is 0 Å². The lowest BCUT2D eigenvalue weighted by atomic mass is 10.2. The van der Waals surface area contributed by atoms with Gasteiger partial charge in [-0.2, -0.15) is 5.10 Å². The van der Waals surface area contributed by atoms with Crippen molar-refractivity contribution in [3.05, 3.63) is 76.3 Å². The molecule has 1 amide bonds. The second-order valence-corrected chi connectivity index (χ2v) is 7.95. The lowest BCUT2D eigenvalue weighted by Gasteiger charge is -2.16. The van der Waals surface area contributed by atoms with E-state index in [2.05, 4.69) is 20.5 Å². The molecule has 0 radical (unpaired) electrons. The Bertz CT molecular complexity index is 1250. The number of ether oxygens (including phenoxy) is 1. The second-order valence-electron chi connectivity index (χ2n) is 6.62. The molecule has 0 saturated carbocycles. The number of H-pyrrole nitrogens is 1. The number of rotatable bonds is 7. The summed E-state index contributed by atoms with van der Waals surface area (Å²) in [5, 5.41) is 11.8. The van der Waals surface area contributed by atoms with E-state index in [4.69, 9.17) is 17.0 Å². The van der Waals surface area contributed by atoms with E-state index in [0.29, 0.717) is 27.8 Å². The summed E-state index contributed by atoms with van der Waals surface area (Å²) in [6.07, 6.45) is 1.57. The summed E-state index contributed by atoms with van der Waals surface area (Å²) in [6.45, 7) is 1.94. The first-order valence-corrected chi connectivity index (χ1v) is 10.7. The second kappa shape index (κ2) is 9.19. The van der Waals surface area contributed by atoms with Gasteiger partial charge in [0.25, 0.3) is 0 Å². The van der Waals surface area contributed by atoms with Crippen LogP contribution in [0.15, 0.2) is 60.1 Å². The van der Waals surface area contributed by atoms with Gasteiger partial charge in [-0.3, -0.25) is 14.5 Å². The minimum absolute atomic E-state index is 0.182. The Morgan fingerprint density at radius 2 is 2.19 bits per heavy atom. The van der Waals surface area contributed by atoms with Gasteiger partial charge in [0.2, 0.25) is 11.8 Å². The van der Waals surface area contributed by atoms with Crippen LogP contribution in [-0.2, 0) is 11.3 Å². The lowest BCUT2D eigenvalue weighted by Crippen LogP contribution is -2.31. The maximum atomic E-state index is 13.4. The van der Waals surface area contributed by atoms with E-state index in [1.807, 2.05) is 17.5 Å². The molecule has 0 saturated heterocycles. The van der Waals surface area contributed by atoms with Crippen LogP contribution in [0.25, 0.3) is 10.7 Å². The highest BCUT2D eigenvalue weighted by molar-refractivity contribution is 7.71. The summed E-state index contributed by atoms with van der Waals surface area (Å²) in [6, 6.07) is 12.6. The van der Waals surface area contributed by atoms with Crippen molar-refractivity contribution in [2.24, 2.45) is 0 Å². The molecular weight excluding hydrogens is 437 g/mol. The summed E-state index contributed by atoms with van der Waals surface area (Å²) in [4.78, 5) is 18.0. The maximum absolute atomic E-state index is 13.4. The first-order valence-electron chi connectivity index (χ1n) is 9.38. The molecule has 7 nitrogen and oxygen atoms in total. The largest absolute Gasteiger partial charge is 0.439 e. The van der Waals surface area contributed by atoms with Gasteiger partial charge in [0.1, 0.15) is 17.6 Å². The standard InChI is InChI=1S/C21H18FN5O2S2/c1-13(27-18(25-26-21(27)30)17-8-4-10-31-17)19(28)24-12-14-5-3-9-23-20(14)29-16-7-2-6-15(22)11-16/h2-11,13H,12H2,1H3,(H,24,28)(H,26,30). The van der Waals surface area contributed by atoms with E-state index >= 15 is 0 Å². The van der Waals surface area contributed by atoms with Crippen LogP contribution in [0.1, 0.15) is 18.5 Å². The molecular formula is C21H18FN5O2S2. The van der Waals surface area contributed by atoms with Gasteiger partial charge >= 0.3 is 0 Å². The van der Waals surface area contributed by atoms with Crippen LogP contribution in [0, 0.1) is 10.6 Å². The summed E-state index contributed by atoms with van der Waals surface area (Å²) in [5.41, 5.74) is 0.654. The summed E-state index contributed by atoms with van der Waals surface area (Å²) < 4.78 is 21.2. The molecule has 4 aromatic rings. The van der Waals surface area contributed by atoms with Gasteiger partial charge in [-0.15, -0.1) is 11.3 Å². The van der Waals surface area contributed by atoms with Crippen molar-refractivity contribution in [1.29, 1.82) is 0 Å². The molecule has 1 aromatic carbocycles. The fourth-order valence-corrected chi connectivity index (χ4v) is 3.98. The first-order chi connectivity index (χ1) is 15.0. The number of pyridine rings is 1. The highest BCUT2D eigenvalue weighted by atomic mass is 32.1. The predicted octanol–water partition coefficient (Wildman–Crippen LogP) is 4.87. The van der Waals surface area contributed by atoms with Gasteiger partial charge in [-0.25, -0.2) is 9.37 Å². The van der Waals surface area contributed by atoms with Crippen molar-refractivity contribution in [3.8, 4) is 22.3 Å². The smallest absolute Gasteiger partial charge is 0.243 e. The third kappa shape index (κ3) is 4.70. The number of hydrogen-bond donors (Lipinski definition) is 2. The lowest BCUT2D eigenvalue weighted by molar-refractivity contribution is -0.124. The molecule has 0 aliphatic carbocycles. The Morgan fingerprint density at radius 3 is 2.97 bits per heavy atom. The van der Waals surface area contributed by atoms with E-state index in [0.717, 1.165) is 4.88 Å². The molecule has 0 fully saturated rings. The van der Waals surface area contributed by atoms with Gasteiger partial charge in [0, 0.05) is 24.4 Å². The Kier molecular flexibility index (Phi) is 6.19. The zero-order valence-corrected chi connectivity index (χ0v) is 18.0. The number of nitrogens with zero attached hydrogens (tertiary/aromatic N) is 3. The third-order valence-electron chi connectivity index (χ3n) is 4.53. The van der Waals surface area contributed by atoms with Gasteiger partial charge in [0.15, 0.2) is 10.6 Å². The van der Waals surface area contributed by atoms with Crippen LogP contribution in [0.5, 0.6) is 11.6 Å². The summed E-state index contributed by atoms with van der Waals surface area (Å²) in [5.74, 6) is 0.579. The molecule has 0 bridgehead atoms. The molecule has 4 rings (SSSR count). The van der Waals surface area contributed by atoms with Crippen LogP contribution in [0.4, 0.5) is 4.39 Å². The monoisotopic (exact) mass is 455 g/mol. The summed E-state index contributed by atoms with van der Waals surface area (Å²) >= 11 is 6.85. The fourth-order valence-electron chi connectivity index (χ4n) is 2.98. The number of amides is 1. The first kappa shape index (κ1) is 20.9. The maximum Gasteiger partial charge on any atom is 0.243 e. The van der Waals surface area contributed by atoms with E-state index in [1.165, 1.54) is 23.5 Å². The minimum Gasteiger partial charge on any atom is -0.439 e. The quantitative estimate of drug-likeness (QED) is 0.388.